The van der Waals surface area contributed by atoms with Gasteiger partial charge in [-0.1, -0.05) is 10.3 Å². The van der Waals surface area contributed by atoms with E-state index in [1.807, 2.05) is 23.1 Å². The summed E-state index contributed by atoms with van der Waals surface area (Å²) in [5, 5.41) is 3.81. The lowest BCUT2D eigenvalue weighted by atomic mass is 10.1. The first-order valence-corrected chi connectivity index (χ1v) is 8.96. The van der Waals surface area contributed by atoms with Crippen molar-refractivity contribution in [1.82, 2.24) is 10.2 Å². The van der Waals surface area contributed by atoms with Gasteiger partial charge < -0.3 is 19.7 Å². The Morgan fingerprint density at radius 3 is 3.05 bits per heavy atom. The molecule has 8 heteroatoms. The highest BCUT2D eigenvalue weighted by Crippen LogP contribution is 2.34. The Morgan fingerprint density at radius 1 is 1.38 bits per heavy atom. The van der Waals surface area contributed by atoms with Crippen molar-refractivity contribution in [3.63, 3.8) is 0 Å². The Morgan fingerprint density at radius 2 is 2.19 bits per heavy atom. The van der Waals surface area contributed by atoms with Gasteiger partial charge in [0.25, 0.3) is 0 Å². The smallest absolute Gasteiger partial charge is 0.231 e. The molecule has 2 fully saturated rings. The SMILES string of the molecule is O=[S+]1(O)C[C@@H]2NC(=S)N(Cc3ccc4c(c3)OCO4)[C@@H]2C1. The van der Waals surface area contributed by atoms with Gasteiger partial charge in [0.05, 0.1) is 0 Å². The van der Waals surface area contributed by atoms with Crippen LogP contribution in [0.3, 0.4) is 0 Å². The van der Waals surface area contributed by atoms with Gasteiger partial charge in [0.1, 0.15) is 12.1 Å². The maximum Gasteiger partial charge on any atom is 0.231 e. The van der Waals surface area contributed by atoms with E-state index in [9.17, 15) is 8.76 Å². The minimum Gasteiger partial charge on any atom is -0.454 e. The molecule has 0 spiro atoms. The lowest BCUT2D eigenvalue weighted by Gasteiger charge is -2.22. The molecule has 0 bridgehead atoms. The number of hydrogen-bond donors (Lipinski definition) is 2. The number of ether oxygens (including phenoxy) is 2. The first-order chi connectivity index (χ1) is 10.0. The molecule has 21 heavy (non-hydrogen) atoms. The molecule has 0 aliphatic carbocycles. The Labute approximate surface area is 128 Å². The lowest BCUT2D eigenvalue weighted by Crippen LogP contribution is -2.36. The van der Waals surface area contributed by atoms with Crippen molar-refractivity contribution in [1.29, 1.82) is 0 Å². The van der Waals surface area contributed by atoms with Gasteiger partial charge in [-0.2, -0.15) is 4.55 Å². The highest BCUT2D eigenvalue weighted by molar-refractivity contribution is 7.98. The molecule has 4 rings (SSSR count). The molecule has 3 atom stereocenters. The van der Waals surface area contributed by atoms with Crippen LogP contribution in [0.4, 0.5) is 0 Å². The first kappa shape index (κ1) is 13.3. The van der Waals surface area contributed by atoms with E-state index < -0.39 is 10.2 Å². The maximum atomic E-state index is 11.9. The van der Waals surface area contributed by atoms with Crippen molar-refractivity contribution in [3.8, 4) is 11.5 Å². The van der Waals surface area contributed by atoms with Gasteiger partial charge in [-0.25, -0.2) is 0 Å². The molecule has 0 aromatic heterocycles. The number of rotatable bonds is 2. The largest absolute Gasteiger partial charge is 0.454 e. The third kappa shape index (κ3) is 2.27. The molecule has 0 amide bonds. The third-order valence-electron chi connectivity index (χ3n) is 4.10. The van der Waals surface area contributed by atoms with E-state index in [0.717, 1.165) is 17.1 Å². The highest BCUT2D eigenvalue weighted by Gasteiger charge is 2.53. The molecule has 112 valence electrons. The summed E-state index contributed by atoms with van der Waals surface area (Å²) in [5.74, 6) is 2.03. The number of nitrogens with zero attached hydrogens (tertiary/aromatic N) is 1. The van der Waals surface area contributed by atoms with E-state index in [0.29, 0.717) is 11.7 Å². The van der Waals surface area contributed by atoms with Crippen LogP contribution < -0.4 is 14.8 Å². The zero-order valence-electron chi connectivity index (χ0n) is 11.2. The van der Waals surface area contributed by atoms with Crippen LogP contribution in [0.1, 0.15) is 5.56 Å². The summed E-state index contributed by atoms with van der Waals surface area (Å²) in [6.45, 7) is 0.846. The predicted octanol–water partition coefficient (Wildman–Crippen LogP) is 0.829. The number of hydrogen-bond acceptors (Lipinski definition) is 4. The number of benzene rings is 1. The fourth-order valence-electron chi connectivity index (χ4n) is 3.10. The fourth-order valence-corrected chi connectivity index (χ4v) is 5.40. The summed E-state index contributed by atoms with van der Waals surface area (Å²) in [6.07, 6.45) is 0. The van der Waals surface area contributed by atoms with Crippen LogP contribution in [-0.4, -0.2) is 44.9 Å². The summed E-state index contributed by atoms with van der Waals surface area (Å²) in [5.41, 5.74) is 1.04. The van der Waals surface area contributed by atoms with E-state index in [4.69, 9.17) is 21.7 Å². The standard InChI is InChI=1S/C13H14N2O4S2/c16-21(17)5-9-10(6-21)15(13(20)14-9)4-8-1-2-11-12(3-8)19-7-18-11/h1-3,9-10H,4-7H2,(H-,14,16,17,20)/p+1/t9-,10+/m0/s1. The Balaban J connectivity index is 1.56. The number of fused-ring (bicyclic) bond motifs is 2. The third-order valence-corrected chi connectivity index (χ3v) is 6.19. The van der Waals surface area contributed by atoms with Gasteiger partial charge in [-0.05, 0) is 29.9 Å². The van der Waals surface area contributed by atoms with Crippen molar-refractivity contribution in [2.24, 2.45) is 0 Å². The average molecular weight is 327 g/mol. The summed E-state index contributed by atoms with van der Waals surface area (Å²) in [6, 6.07) is 5.74. The zero-order valence-corrected chi connectivity index (χ0v) is 12.8. The van der Waals surface area contributed by atoms with Crippen LogP contribution >= 0.6 is 12.2 Å². The summed E-state index contributed by atoms with van der Waals surface area (Å²) in [4.78, 5) is 2.00. The second kappa shape index (κ2) is 4.56. The molecule has 1 aromatic rings. The molecule has 1 aromatic carbocycles. The second-order valence-electron chi connectivity index (χ2n) is 5.54. The molecule has 3 aliphatic heterocycles. The number of thiocarbonyl (C=S) groups is 1. The minimum absolute atomic E-state index is 0.0135. The molecule has 3 aliphatic rings. The predicted molar refractivity (Wildman–Crippen MR) is 81.8 cm³/mol. The van der Waals surface area contributed by atoms with Crippen LogP contribution in [0, 0.1) is 0 Å². The Kier molecular flexibility index (Phi) is 2.88. The molecule has 1 unspecified atom stereocenters. The van der Waals surface area contributed by atoms with E-state index >= 15 is 0 Å². The van der Waals surface area contributed by atoms with Gasteiger partial charge in [-0.15, -0.1) is 0 Å². The van der Waals surface area contributed by atoms with E-state index in [-0.39, 0.29) is 30.4 Å². The summed E-state index contributed by atoms with van der Waals surface area (Å²) < 4.78 is 32.3. The van der Waals surface area contributed by atoms with Gasteiger partial charge >= 0.3 is 0 Å². The van der Waals surface area contributed by atoms with Crippen molar-refractivity contribution in [2.75, 3.05) is 18.3 Å². The Bertz CT molecular complexity index is 666. The van der Waals surface area contributed by atoms with E-state index in [2.05, 4.69) is 5.32 Å². The zero-order chi connectivity index (χ0) is 14.6. The van der Waals surface area contributed by atoms with Gasteiger partial charge in [0, 0.05) is 6.54 Å². The lowest BCUT2D eigenvalue weighted by molar-refractivity contribution is 0.174. The number of nitrogens with one attached hydrogen (secondary N) is 1. The molecule has 2 N–H and O–H groups in total. The minimum atomic E-state index is -2.72. The van der Waals surface area contributed by atoms with Crippen LogP contribution in [0.2, 0.25) is 0 Å². The Hall–Kier alpha value is -1.38. The molecule has 0 radical (unpaired) electrons. The quantitative estimate of drug-likeness (QED) is 0.616. The monoisotopic (exact) mass is 327 g/mol. The highest BCUT2D eigenvalue weighted by atomic mass is 32.3. The average Bonchev–Trinajstić information content (AvgIpc) is 3.05. The molecule has 3 heterocycles. The van der Waals surface area contributed by atoms with Crippen molar-refractivity contribution in [2.45, 2.75) is 18.6 Å². The van der Waals surface area contributed by atoms with Crippen LogP contribution in [0.5, 0.6) is 11.5 Å². The van der Waals surface area contributed by atoms with E-state index in [1.165, 1.54) is 0 Å². The maximum absolute atomic E-state index is 11.9. The molecular formula is C13H15N2O4S2+. The van der Waals surface area contributed by atoms with Gasteiger partial charge in [0.2, 0.25) is 17.0 Å². The summed E-state index contributed by atoms with van der Waals surface area (Å²) >= 11 is 5.35. The van der Waals surface area contributed by atoms with Crippen molar-refractivity contribution < 1.29 is 18.2 Å². The van der Waals surface area contributed by atoms with E-state index in [1.54, 1.807) is 0 Å². The van der Waals surface area contributed by atoms with Gasteiger partial charge in [-0.3, -0.25) is 0 Å². The van der Waals surface area contributed by atoms with Crippen LogP contribution in [0.25, 0.3) is 0 Å². The normalized spacial score (nSPS) is 33.2. The molecule has 0 saturated carbocycles. The van der Waals surface area contributed by atoms with Crippen molar-refractivity contribution >= 4 is 27.5 Å². The molecule has 2 saturated heterocycles. The molecular weight excluding hydrogens is 312 g/mol. The van der Waals surface area contributed by atoms with Crippen molar-refractivity contribution in [3.05, 3.63) is 23.8 Å². The summed E-state index contributed by atoms with van der Waals surface area (Å²) in [7, 11) is -2.72. The second-order valence-corrected chi connectivity index (χ2v) is 8.14. The molecule has 6 nitrogen and oxygen atoms in total. The van der Waals surface area contributed by atoms with Crippen LogP contribution in [-0.2, 0) is 21.0 Å². The first-order valence-electron chi connectivity index (χ1n) is 6.69. The fraction of sp³-hybridized carbons (Fsp3) is 0.462. The topological polar surface area (TPSA) is 71.0 Å². The van der Waals surface area contributed by atoms with Gasteiger partial charge in [0.15, 0.2) is 28.1 Å². The van der Waals surface area contributed by atoms with Crippen LogP contribution in [0.15, 0.2) is 18.2 Å².